The fraction of sp³-hybridized carbons (Fsp3) is 0.368. The van der Waals surface area contributed by atoms with Gasteiger partial charge < -0.3 is 9.53 Å². The van der Waals surface area contributed by atoms with Crippen molar-refractivity contribution in [3.63, 3.8) is 0 Å². The van der Waals surface area contributed by atoms with Gasteiger partial charge in [-0.05, 0) is 66.2 Å². The van der Waals surface area contributed by atoms with Crippen molar-refractivity contribution >= 4 is 32.7 Å². The third-order valence-corrected chi connectivity index (χ3v) is 5.29. The maximum absolute atomic E-state index is 11.3. The molecule has 0 saturated heterocycles. The number of rotatable bonds is 7. The smallest absolute Gasteiger partial charge is 0.222 e. The van der Waals surface area contributed by atoms with Crippen LogP contribution < -0.4 is 4.74 Å². The highest BCUT2D eigenvalue weighted by Gasteiger charge is 2.24. The summed E-state index contributed by atoms with van der Waals surface area (Å²) in [5, 5.41) is 8.58. The average molecular weight is 415 g/mol. The van der Waals surface area contributed by atoms with Crippen molar-refractivity contribution in [2.75, 3.05) is 0 Å². The van der Waals surface area contributed by atoms with Gasteiger partial charge >= 0.3 is 0 Å². The zero-order chi connectivity index (χ0) is 18.1. The van der Waals surface area contributed by atoms with Crippen LogP contribution in [-0.2, 0) is 17.8 Å². The van der Waals surface area contributed by atoms with Gasteiger partial charge in [0.2, 0.25) is 5.88 Å². The first kappa shape index (κ1) is 17.1. The molecule has 2 aromatic heterocycles. The number of ether oxygens (including phenoxy) is 1. The summed E-state index contributed by atoms with van der Waals surface area (Å²) in [6.07, 6.45) is 5.30. The third kappa shape index (κ3) is 3.62. The Hall–Kier alpha value is -2.28. The number of carbonyl (C=O) groups is 1. The van der Waals surface area contributed by atoms with Crippen LogP contribution >= 0.6 is 15.9 Å². The minimum Gasteiger partial charge on any atom is -0.437 e. The Kier molecular flexibility index (Phi) is 4.72. The number of pyridine rings is 1. The van der Waals surface area contributed by atoms with E-state index >= 15 is 0 Å². The van der Waals surface area contributed by atoms with Crippen molar-refractivity contribution in [1.82, 2.24) is 20.0 Å². The summed E-state index contributed by atoms with van der Waals surface area (Å²) in [5.74, 6) is 2.03. The summed E-state index contributed by atoms with van der Waals surface area (Å²) in [6, 6.07) is 7.67. The number of hydrogen-bond acceptors (Lipinski definition) is 5. The summed E-state index contributed by atoms with van der Waals surface area (Å²) in [4.78, 5) is 15.6. The van der Waals surface area contributed by atoms with Crippen LogP contribution in [0.3, 0.4) is 0 Å². The van der Waals surface area contributed by atoms with Crippen LogP contribution in [0.1, 0.15) is 31.7 Å². The van der Waals surface area contributed by atoms with E-state index in [0.717, 1.165) is 33.5 Å². The molecule has 26 heavy (non-hydrogen) atoms. The van der Waals surface area contributed by atoms with Gasteiger partial charge in [0.05, 0.1) is 9.99 Å². The van der Waals surface area contributed by atoms with E-state index in [2.05, 4.69) is 31.2 Å². The second-order valence-electron chi connectivity index (χ2n) is 6.73. The first-order chi connectivity index (χ1) is 12.6. The van der Waals surface area contributed by atoms with E-state index in [1.54, 1.807) is 13.1 Å². The van der Waals surface area contributed by atoms with Gasteiger partial charge in [-0.25, -0.2) is 9.67 Å². The molecule has 0 unspecified atom stereocenters. The Morgan fingerprint density at radius 1 is 1.35 bits per heavy atom. The zero-order valence-electron chi connectivity index (χ0n) is 14.5. The lowest BCUT2D eigenvalue weighted by atomic mass is 10.1. The number of hydrogen-bond donors (Lipinski definition) is 0. The fourth-order valence-corrected chi connectivity index (χ4v) is 3.36. The average Bonchev–Trinajstić information content (AvgIpc) is 3.35. The van der Waals surface area contributed by atoms with Gasteiger partial charge in [-0.2, -0.15) is 0 Å². The van der Waals surface area contributed by atoms with Crippen LogP contribution in [0.2, 0.25) is 0 Å². The first-order valence-corrected chi connectivity index (χ1v) is 9.54. The molecule has 1 aliphatic carbocycles. The second-order valence-corrected chi connectivity index (χ2v) is 7.53. The minimum absolute atomic E-state index is 0.148. The SMILES string of the molecule is CC(=O)CCc1cccnc1Oc1ccc2c(nnn2CC2CC2)c1Br. The first-order valence-electron chi connectivity index (χ1n) is 8.74. The maximum Gasteiger partial charge on any atom is 0.222 e. The molecule has 0 spiro atoms. The monoisotopic (exact) mass is 414 g/mol. The molecule has 0 N–H and O–H groups in total. The van der Waals surface area contributed by atoms with Crippen molar-refractivity contribution in [2.45, 2.75) is 39.2 Å². The Balaban J connectivity index is 1.61. The van der Waals surface area contributed by atoms with Gasteiger partial charge in [-0.3, -0.25) is 0 Å². The molecule has 1 aliphatic rings. The van der Waals surface area contributed by atoms with E-state index in [4.69, 9.17) is 4.74 Å². The Bertz CT molecular complexity index is 965. The number of carbonyl (C=O) groups excluding carboxylic acids is 1. The van der Waals surface area contributed by atoms with Gasteiger partial charge in [-0.15, -0.1) is 5.10 Å². The summed E-state index contributed by atoms with van der Waals surface area (Å²) in [7, 11) is 0. The lowest BCUT2D eigenvalue weighted by Crippen LogP contribution is -2.01. The molecular formula is C19H19BrN4O2. The molecule has 3 aromatic rings. The van der Waals surface area contributed by atoms with E-state index in [1.807, 2.05) is 28.9 Å². The van der Waals surface area contributed by atoms with Gasteiger partial charge in [0.25, 0.3) is 0 Å². The molecule has 0 radical (unpaired) electrons. The lowest BCUT2D eigenvalue weighted by Gasteiger charge is -2.11. The number of fused-ring (bicyclic) bond motifs is 1. The molecular weight excluding hydrogens is 396 g/mol. The van der Waals surface area contributed by atoms with Crippen molar-refractivity contribution in [3.05, 3.63) is 40.5 Å². The number of aromatic nitrogens is 4. The standard InChI is InChI=1S/C19H19BrN4O2/c1-12(25)4-7-14-3-2-10-21-19(14)26-16-9-8-15-18(17(16)20)22-23-24(15)11-13-5-6-13/h2-3,8-10,13H,4-7,11H2,1H3. The number of halogens is 1. The van der Waals surface area contributed by atoms with E-state index in [1.165, 1.54) is 12.8 Å². The van der Waals surface area contributed by atoms with Crippen LogP contribution in [0, 0.1) is 5.92 Å². The Morgan fingerprint density at radius 3 is 2.96 bits per heavy atom. The van der Waals surface area contributed by atoms with Crippen LogP contribution in [0.4, 0.5) is 0 Å². The van der Waals surface area contributed by atoms with Crippen LogP contribution in [0.5, 0.6) is 11.6 Å². The van der Waals surface area contributed by atoms with E-state index < -0.39 is 0 Å². The zero-order valence-corrected chi connectivity index (χ0v) is 16.1. The molecule has 6 nitrogen and oxygen atoms in total. The number of ketones is 1. The molecule has 0 bridgehead atoms. The van der Waals surface area contributed by atoms with Crippen molar-refractivity contribution in [2.24, 2.45) is 5.92 Å². The van der Waals surface area contributed by atoms with E-state index in [0.29, 0.717) is 24.5 Å². The minimum atomic E-state index is 0.148. The van der Waals surface area contributed by atoms with Gasteiger partial charge in [0.1, 0.15) is 17.0 Å². The molecule has 4 rings (SSSR count). The highest BCUT2D eigenvalue weighted by atomic mass is 79.9. The molecule has 7 heteroatoms. The molecule has 1 fully saturated rings. The number of Topliss-reactive ketones (excluding diaryl/α,β-unsaturated/α-hetero) is 1. The predicted molar refractivity (Wildman–Crippen MR) is 101 cm³/mol. The van der Waals surface area contributed by atoms with Crippen molar-refractivity contribution in [1.29, 1.82) is 0 Å². The number of benzene rings is 1. The second kappa shape index (κ2) is 7.15. The van der Waals surface area contributed by atoms with Gasteiger partial charge in [0, 0.05) is 24.7 Å². The summed E-state index contributed by atoms with van der Waals surface area (Å²) < 4.78 is 8.76. The molecule has 1 saturated carbocycles. The molecule has 0 amide bonds. The van der Waals surface area contributed by atoms with Gasteiger partial charge in [-0.1, -0.05) is 11.3 Å². The Labute approximate surface area is 159 Å². The largest absolute Gasteiger partial charge is 0.437 e. The van der Waals surface area contributed by atoms with Crippen LogP contribution in [-0.4, -0.2) is 25.8 Å². The molecule has 0 atom stereocenters. The van der Waals surface area contributed by atoms with Crippen molar-refractivity contribution < 1.29 is 9.53 Å². The summed E-state index contributed by atoms with van der Waals surface area (Å²) in [5.41, 5.74) is 2.69. The van der Waals surface area contributed by atoms with Crippen molar-refractivity contribution in [3.8, 4) is 11.6 Å². The molecule has 2 heterocycles. The normalized spacial score (nSPS) is 13.9. The van der Waals surface area contributed by atoms with E-state index in [9.17, 15) is 4.79 Å². The molecule has 1 aromatic carbocycles. The highest BCUT2D eigenvalue weighted by molar-refractivity contribution is 9.10. The maximum atomic E-state index is 11.3. The summed E-state index contributed by atoms with van der Waals surface area (Å²) >= 11 is 3.60. The van der Waals surface area contributed by atoms with Crippen LogP contribution in [0.15, 0.2) is 34.9 Å². The number of aryl methyl sites for hydroxylation is 1. The lowest BCUT2D eigenvalue weighted by molar-refractivity contribution is -0.116. The summed E-state index contributed by atoms with van der Waals surface area (Å²) in [6.45, 7) is 2.50. The topological polar surface area (TPSA) is 69.9 Å². The fourth-order valence-electron chi connectivity index (χ4n) is 2.87. The molecule has 0 aliphatic heterocycles. The Morgan fingerprint density at radius 2 is 2.19 bits per heavy atom. The molecule has 134 valence electrons. The quantitative estimate of drug-likeness (QED) is 0.575. The van der Waals surface area contributed by atoms with E-state index in [-0.39, 0.29) is 5.78 Å². The highest BCUT2D eigenvalue weighted by Crippen LogP contribution is 2.37. The van der Waals surface area contributed by atoms with Gasteiger partial charge in [0.15, 0.2) is 0 Å². The van der Waals surface area contributed by atoms with Crippen LogP contribution in [0.25, 0.3) is 11.0 Å². The third-order valence-electron chi connectivity index (χ3n) is 4.52. The number of nitrogens with zero attached hydrogens (tertiary/aromatic N) is 4. The predicted octanol–water partition coefficient (Wildman–Crippen LogP) is 4.31.